The number of nitrogens with one attached hydrogen (secondary N) is 1. The number of benzene rings is 1. The Labute approximate surface area is 92.3 Å². The summed E-state index contributed by atoms with van der Waals surface area (Å²) in [5, 5.41) is 3.45. The second kappa shape index (κ2) is 3.86. The van der Waals surface area contributed by atoms with Crippen molar-refractivity contribution in [1.29, 1.82) is 0 Å². The van der Waals surface area contributed by atoms with Crippen LogP contribution in [0.4, 0.5) is 5.69 Å². The van der Waals surface area contributed by atoms with E-state index >= 15 is 0 Å². The molecular weight excluding hydrogens is 184 g/mol. The highest BCUT2D eigenvalue weighted by Crippen LogP contribution is 2.39. The Hall–Kier alpha value is -1.02. The predicted molar refractivity (Wildman–Crippen MR) is 65.5 cm³/mol. The van der Waals surface area contributed by atoms with Gasteiger partial charge in [0, 0.05) is 25.3 Å². The number of hydrogen-bond acceptors (Lipinski definition) is 2. The molecule has 0 saturated heterocycles. The van der Waals surface area contributed by atoms with E-state index in [1.54, 1.807) is 0 Å². The highest BCUT2D eigenvalue weighted by Gasteiger charge is 2.41. The second-order valence-corrected chi connectivity index (χ2v) is 4.73. The van der Waals surface area contributed by atoms with Crippen molar-refractivity contribution in [1.82, 2.24) is 5.32 Å². The predicted octanol–water partition coefficient (Wildman–Crippen LogP) is 2.05. The summed E-state index contributed by atoms with van der Waals surface area (Å²) in [5.41, 5.74) is 3.19. The van der Waals surface area contributed by atoms with Crippen LogP contribution in [-0.4, -0.2) is 26.7 Å². The minimum Gasteiger partial charge on any atom is -0.377 e. The first kappa shape index (κ1) is 10.5. The lowest BCUT2D eigenvalue weighted by Gasteiger charge is -2.21. The number of para-hydroxylation sites is 1. The van der Waals surface area contributed by atoms with Crippen molar-refractivity contribution in [3.63, 3.8) is 0 Å². The van der Waals surface area contributed by atoms with E-state index < -0.39 is 0 Å². The maximum Gasteiger partial charge on any atom is 0.0394 e. The Morgan fingerprint density at radius 2 is 1.93 bits per heavy atom. The lowest BCUT2D eigenvalue weighted by Crippen LogP contribution is -2.30. The van der Waals surface area contributed by atoms with Crippen molar-refractivity contribution in [2.24, 2.45) is 0 Å². The fourth-order valence-electron chi connectivity index (χ4n) is 2.13. The first-order valence-electron chi connectivity index (χ1n) is 5.61. The van der Waals surface area contributed by atoms with Crippen LogP contribution in [0.1, 0.15) is 18.4 Å². The lowest BCUT2D eigenvalue weighted by molar-refractivity contribution is 0.549. The number of rotatable bonds is 4. The van der Waals surface area contributed by atoms with Gasteiger partial charge in [0.2, 0.25) is 0 Å². The van der Waals surface area contributed by atoms with Crippen molar-refractivity contribution < 1.29 is 0 Å². The molecule has 0 radical (unpaired) electrons. The van der Waals surface area contributed by atoms with Crippen molar-refractivity contribution in [2.45, 2.75) is 24.8 Å². The first-order valence-corrected chi connectivity index (χ1v) is 5.61. The Morgan fingerprint density at radius 3 is 2.47 bits per heavy atom. The fourth-order valence-corrected chi connectivity index (χ4v) is 2.13. The van der Waals surface area contributed by atoms with Crippen LogP contribution in [0, 0.1) is 0 Å². The zero-order valence-corrected chi connectivity index (χ0v) is 9.88. The number of hydrogen-bond donors (Lipinski definition) is 1. The minimum absolute atomic E-state index is 0.395. The zero-order valence-electron chi connectivity index (χ0n) is 9.88. The molecule has 1 aliphatic rings. The van der Waals surface area contributed by atoms with E-state index in [-0.39, 0.29) is 0 Å². The highest BCUT2D eigenvalue weighted by molar-refractivity contribution is 5.53. The number of anilines is 1. The summed E-state index contributed by atoms with van der Waals surface area (Å²) in [6.45, 7) is 0. The van der Waals surface area contributed by atoms with Gasteiger partial charge >= 0.3 is 0 Å². The molecule has 1 aromatic rings. The van der Waals surface area contributed by atoms with E-state index in [4.69, 9.17) is 0 Å². The molecule has 1 aliphatic carbocycles. The van der Waals surface area contributed by atoms with Gasteiger partial charge in [-0.1, -0.05) is 18.2 Å². The average molecular weight is 204 g/mol. The van der Waals surface area contributed by atoms with Crippen molar-refractivity contribution in [3.05, 3.63) is 29.8 Å². The SMILES string of the molecule is CNC1(Cc2ccccc2N(C)C)CC1. The fraction of sp³-hybridized carbons (Fsp3) is 0.538. The van der Waals surface area contributed by atoms with Crippen molar-refractivity contribution in [3.8, 4) is 0 Å². The van der Waals surface area contributed by atoms with Gasteiger partial charge in [-0.2, -0.15) is 0 Å². The van der Waals surface area contributed by atoms with E-state index in [0.717, 1.165) is 6.42 Å². The Bertz CT molecular complexity index is 340. The summed E-state index contributed by atoms with van der Waals surface area (Å²) in [6.07, 6.45) is 3.77. The van der Waals surface area contributed by atoms with E-state index in [1.165, 1.54) is 24.1 Å². The molecule has 0 unspecified atom stereocenters. The molecule has 0 heterocycles. The smallest absolute Gasteiger partial charge is 0.0394 e. The molecule has 0 bridgehead atoms. The normalized spacial score (nSPS) is 17.5. The summed E-state index contributed by atoms with van der Waals surface area (Å²) in [6, 6.07) is 8.68. The quantitative estimate of drug-likeness (QED) is 0.807. The Balaban J connectivity index is 2.20. The van der Waals surface area contributed by atoms with Crippen LogP contribution < -0.4 is 10.2 Å². The summed E-state index contributed by atoms with van der Waals surface area (Å²) >= 11 is 0. The molecule has 2 nitrogen and oxygen atoms in total. The van der Waals surface area contributed by atoms with Gasteiger partial charge in [0.05, 0.1) is 0 Å². The van der Waals surface area contributed by atoms with Crippen LogP contribution in [0.2, 0.25) is 0 Å². The molecule has 15 heavy (non-hydrogen) atoms. The van der Waals surface area contributed by atoms with E-state index in [2.05, 4.69) is 55.6 Å². The van der Waals surface area contributed by atoms with Crippen LogP contribution >= 0.6 is 0 Å². The topological polar surface area (TPSA) is 15.3 Å². The van der Waals surface area contributed by atoms with E-state index in [0.29, 0.717) is 5.54 Å². The van der Waals surface area contributed by atoms with Gasteiger partial charge < -0.3 is 10.2 Å². The molecule has 1 saturated carbocycles. The Morgan fingerprint density at radius 1 is 1.27 bits per heavy atom. The summed E-state index contributed by atoms with van der Waals surface area (Å²) < 4.78 is 0. The third-order valence-corrected chi connectivity index (χ3v) is 3.39. The monoisotopic (exact) mass is 204 g/mol. The molecular formula is C13H20N2. The van der Waals surface area contributed by atoms with Crippen LogP contribution in [0.5, 0.6) is 0 Å². The second-order valence-electron chi connectivity index (χ2n) is 4.73. The van der Waals surface area contributed by atoms with Gasteiger partial charge in [-0.3, -0.25) is 0 Å². The Kier molecular flexibility index (Phi) is 2.70. The molecule has 1 aromatic carbocycles. The third-order valence-electron chi connectivity index (χ3n) is 3.39. The van der Waals surface area contributed by atoms with Gasteiger partial charge in [0.15, 0.2) is 0 Å². The molecule has 0 amide bonds. The van der Waals surface area contributed by atoms with Gasteiger partial charge in [-0.15, -0.1) is 0 Å². The standard InChI is InChI=1S/C13H20N2/c1-14-13(8-9-13)10-11-6-4-5-7-12(11)15(2)3/h4-7,14H,8-10H2,1-3H3. The molecule has 0 atom stereocenters. The van der Waals surface area contributed by atoms with Crippen LogP contribution in [-0.2, 0) is 6.42 Å². The molecule has 0 spiro atoms. The molecule has 82 valence electrons. The maximum absolute atomic E-state index is 3.45. The molecule has 0 aliphatic heterocycles. The van der Waals surface area contributed by atoms with Gasteiger partial charge in [-0.05, 0) is 37.9 Å². The van der Waals surface area contributed by atoms with Crippen LogP contribution in [0.15, 0.2) is 24.3 Å². The van der Waals surface area contributed by atoms with E-state index in [1.807, 2.05) is 0 Å². The summed E-state index contributed by atoms with van der Waals surface area (Å²) in [5.74, 6) is 0. The van der Waals surface area contributed by atoms with Gasteiger partial charge in [0.1, 0.15) is 0 Å². The zero-order chi connectivity index (χ0) is 10.9. The largest absolute Gasteiger partial charge is 0.377 e. The van der Waals surface area contributed by atoms with Crippen molar-refractivity contribution >= 4 is 5.69 Å². The molecule has 0 aromatic heterocycles. The summed E-state index contributed by atoms with van der Waals surface area (Å²) in [7, 11) is 6.29. The van der Waals surface area contributed by atoms with Crippen LogP contribution in [0.3, 0.4) is 0 Å². The maximum atomic E-state index is 3.45. The number of nitrogens with zero attached hydrogens (tertiary/aromatic N) is 1. The van der Waals surface area contributed by atoms with E-state index in [9.17, 15) is 0 Å². The number of likely N-dealkylation sites (N-methyl/N-ethyl adjacent to an activating group) is 1. The lowest BCUT2D eigenvalue weighted by atomic mass is 10.0. The third kappa shape index (κ3) is 2.15. The molecule has 2 rings (SSSR count). The highest BCUT2D eigenvalue weighted by atomic mass is 15.1. The molecule has 1 fully saturated rings. The minimum atomic E-state index is 0.395. The molecule has 1 N–H and O–H groups in total. The molecule has 2 heteroatoms. The van der Waals surface area contributed by atoms with Crippen LogP contribution in [0.25, 0.3) is 0 Å². The van der Waals surface area contributed by atoms with Gasteiger partial charge in [0.25, 0.3) is 0 Å². The van der Waals surface area contributed by atoms with Crippen molar-refractivity contribution in [2.75, 3.05) is 26.0 Å². The average Bonchev–Trinajstić information content (AvgIpc) is 2.99. The first-order chi connectivity index (χ1) is 7.17. The van der Waals surface area contributed by atoms with Gasteiger partial charge in [-0.25, -0.2) is 0 Å². The summed E-state index contributed by atoms with van der Waals surface area (Å²) in [4.78, 5) is 2.20.